The molecular weight excluding hydrogens is 713 g/mol. The first kappa shape index (κ1) is 41.9. The van der Waals surface area contributed by atoms with Gasteiger partial charge < -0.3 is 20.3 Å². The van der Waals surface area contributed by atoms with Crippen molar-refractivity contribution in [1.29, 1.82) is 0 Å². The number of carboxylic acid groups (broad SMARTS) is 1. The van der Waals surface area contributed by atoms with E-state index in [1.807, 2.05) is 20.8 Å². The normalized spacial score (nSPS) is 46.7. The van der Waals surface area contributed by atoms with Gasteiger partial charge in [-0.3, -0.25) is 14.5 Å². The van der Waals surface area contributed by atoms with Crippen LogP contribution < -0.4 is 5.32 Å². The SMILES string of the molecule is CC(C)[C@@H]1CC[C@]2(NCC[C@H]([C@@H](C)O)N3CCS(=O)(=O)CC3)CC[C@]3(C)[C@H](CC[C@@H]4[C@@]5(C)CC[C@H](OC(=O)[C@H]6[C@@H](C(=O)O)C6(C)C)C(C)(C)[C@@H]5CC[C@]43C)[C@@H]12. The maximum absolute atomic E-state index is 13.5. The fourth-order valence-corrected chi connectivity index (χ4v) is 17.1. The summed E-state index contributed by atoms with van der Waals surface area (Å²) in [7, 11) is -2.98. The van der Waals surface area contributed by atoms with Crippen LogP contribution in [0.15, 0.2) is 0 Å². The second kappa shape index (κ2) is 13.9. The summed E-state index contributed by atoms with van der Waals surface area (Å²) in [4.78, 5) is 27.6. The lowest BCUT2D eigenvalue weighted by atomic mass is 9.32. The summed E-state index contributed by atoms with van der Waals surface area (Å²) < 4.78 is 30.7. The quantitative estimate of drug-likeness (QED) is 0.197. The molecule has 7 fully saturated rings. The number of ether oxygens (including phenoxy) is 1. The second-order valence-electron chi connectivity index (χ2n) is 22.4. The topological polar surface area (TPSA) is 133 Å². The van der Waals surface area contributed by atoms with Gasteiger partial charge in [0.2, 0.25) is 0 Å². The number of hydrogen-bond acceptors (Lipinski definition) is 8. The zero-order valence-corrected chi connectivity index (χ0v) is 36.8. The maximum atomic E-state index is 13.5. The predicted octanol–water partition coefficient (Wildman–Crippen LogP) is 7.20. The van der Waals surface area contributed by atoms with Gasteiger partial charge in [0.1, 0.15) is 6.10 Å². The van der Waals surface area contributed by atoms with Gasteiger partial charge in [-0.2, -0.15) is 0 Å². The Kier molecular flexibility index (Phi) is 10.6. The standard InChI is InChI=1S/C45H76N2O7S/c1-27(2)29-13-19-45(46-22-16-31(28(3)48)47-23-25-55(52,53)26-24-47)21-20-43(9)30(35(29)45)11-12-33-42(8)17-15-34(40(4,5)32(42)14-18-44(33,43)10)54-39(51)37-36(38(49)50)41(37,6)7/h27-37,46,48H,11-26H2,1-10H3,(H,49,50)/t28-,29+,30-,31-,32+,33-,34+,35-,36+,37-,42+,43-,44-,45+/m1/s1. The van der Waals surface area contributed by atoms with Gasteiger partial charge in [-0.25, -0.2) is 8.42 Å². The number of nitrogens with one attached hydrogen (secondary N) is 1. The average Bonchev–Trinajstić information content (AvgIpc) is 3.47. The molecule has 6 saturated carbocycles. The Bertz CT molecular complexity index is 1600. The van der Waals surface area contributed by atoms with Gasteiger partial charge in [0.05, 0.1) is 29.4 Å². The van der Waals surface area contributed by atoms with Crippen molar-refractivity contribution in [1.82, 2.24) is 10.2 Å². The number of aliphatic carboxylic acids is 1. The molecule has 7 rings (SSSR count). The molecule has 314 valence electrons. The Balaban J connectivity index is 1.08. The van der Waals surface area contributed by atoms with Crippen LogP contribution in [0.25, 0.3) is 0 Å². The zero-order chi connectivity index (χ0) is 40.3. The first-order valence-electron chi connectivity index (χ1n) is 22.3. The average molecular weight is 789 g/mol. The first-order valence-corrected chi connectivity index (χ1v) is 24.1. The Morgan fingerprint density at radius 1 is 0.800 bits per heavy atom. The highest BCUT2D eigenvalue weighted by molar-refractivity contribution is 7.91. The Labute approximate surface area is 333 Å². The number of aliphatic hydroxyl groups is 1. The molecule has 10 heteroatoms. The van der Waals surface area contributed by atoms with Crippen LogP contribution in [0.5, 0.6) is 0 Å². The summed E-state index contributed by atoms with van der Waals surface area (Å²) in [5.74, 6) is 1.56. The van der Waals surface area contributed by atoms with Crippen molar-refractivity contribution in [2.75, 3.05) is 31.1 Å². The lowest BCUT2D eigenvalue weighted by molar-refractivity contribution is -0.247. The van der Waals surface area contributed by atoms with E-state index < -0.39 is 39.2 Å². The van der Waals surface area contributed by atoms with Crippen LogP contribution in [0.4, 0.5) is 0 Å². The number of sulfone groups is 1. The third-order valence-electron chi connectivity index (χ3n) is 19.2. The van der Waals surface area contributed by atoms with Gasteiger partial charge in [-0.05, 0) is 141 Å². The molecular formula is C45H76N2O7S. The van der Waals surface area contributed by atoms with Crippen LogP contribution in [0.1, 0.15) is 140 Å². The molecule has 1 heterocycles. The second-order valence-corrected chi connectivity index (χ2v) is 24.7. The van der Waals surface area contributed by atoms with Crippen LogP contribution >= 0.6 is 0 Å². The highest BCUT2D eigenvalue weighted by Crippen LogP contribution is 2.76. The number of nitrogens with zero attached hydrogens (tertiary/aromatic N) is 1. The highest BCUT2D eigenvalue weighted by Gasteiger charge is 2.72. The molecule has 9 nitrogen and oxygen atoms in total. The molecule has 0 aromatic carbocycles. The van der Waals surface area contributed by atoms with Crippen LogP contribution in [0.3, 0.4) is 0 Å². The Hall–Kier alpha value is -1.23. The van der Waals surface area contributed by atoms with Crippen molar-refractivity contribution in [2.45, 2.75) is 164 Å². The fraction of sp³-hybridized carbons (Fsp3) is 0.956. The van der Waals surface area contributed by atoms with E-state index in [4.69, 9.17) is 4.74 Å². The summed E-state index contributed by atoms with van der Waals surface area (Å²) in [6.45, 7) is 25.0. The van der Waals surface area contributed by atoms with Gasteiger partial charge in [0.25, 0.3) is 0 Å². The third kappa shape index (κ3) is 6.49. The highest BCUT2D eigenvalue weighted by atomic mass is 32.2. The minimum atomic E-state index is -2.98. The molecule has 3 N–H and O–H groups in total. The molecule has 0 aromatic rings. The number of esters is 1. The maximum Gasteiger partial charge on any atom is 0.310 e. The number of carbonyl (C=O) groups is 2. The predicted molar refractivity (Wildman–Crippen MR) is 216 cm³/mol. The molecule has 7 aliphatic rings. The van der Waals surface area contributed by atoms with Crippen molar-refractivity contribution >= 4 is 21.8 Å². The summed E-state index contributed by atoms with van der Waals surface area (Å²) in [6.07, 6.45) is 11.8. The van der Waals surface area contributed by atoms with Gasteiger partial charge in [-0.1, -0.05) is 62.3 Å². The number of hydrogen-bond donors (Lipinski definition) is 3. The molecule has 0 unspecified atom stereocenters. The van der Waals surface area contributed by atoms with E-state index in [0.29, 0.717) is 48.6 Å². The van der Waals surface area contributed by atoms with E-state index in [1.54, 1.807) is 0 Å². The molecule has 0 radical (unpaired) electrons. The van der Waals surface area contributed by atoms with Crippen LogP contribution in [-0.2, 0) is 24.2 Å². The molecule has 1 aliphatic heterocycles. The first-order chi connectivity index (χ1) is 25.5. The molecule has 0 aromatic heterocycles. The van der Waals surface area contributed by atoms with Crippen LogP contribution in [0.2, 0.25) is 0 Å². The monoisotopic (exact) mass is 789 g/mol. The summed E-state index contributed by atoms with van der Waals surface area (Å²) in [6, 6.07) is -0.0376. The summed E-state index contributed by atoms with van der Waals surface area (Å²) in [5.41, 5.74) is -0.0348. The minimum Gasteiger partial charge on any atom is -0.481 e. The lowest BCUT2D eigenvalue weighted by Gasteiger charge is -2.73. The van der Waals surface area contributed by atoms with Gasteiger partial charge in [0, 0.05) is 30.1 Å². The summed E-state index contributed by atoms with van der Waals surface area (Å²) >= 11 is 0. The third-order valence-corrected chi connectivity index (χ3v) is 20.8. The van der Waals surface area contributed by atoms with Gasteiger partial charge in [-0.15, -0.1) is 0 Å². The molecule has 0 spiro atoms. The van der Waals surface area contributed by atoms with Crippen molar-refractivity contribution in [3.8, 4) is 0 Å². The lowest BCUT2D eigenvalue weighted by Crippen LogP contribution is -2.69. The number of fused-ring (bicyclic) bond motifs is 7. The number of carboxylic acids is 1. The van der Waals surface area contributed by atoms with Crippen molar-refractivity contribution in [3.63, 3.8) is 0 Å². The number of rotatable bonds is 10. The largest absolute Gasteiger partial charge is 0.481 e. The van der Waals surface area contributed by atoms with Crippen molar-refractivity contribution in [2.24, 2.45) is 74.4 Å². The molecule has 14 atom stereocenters. The van der Waals surface area contributed by atoms with Crippen LogP contribution in [0, 0.1) is 74.4 Å². The number of aliphatic hydroxyl groups excluding tert-OH is 1. The Morgan fingerprint density at radius 2 is 1.47 bits per heavy atom. The molecule has 55 heavy (non-hydrogen) atoms. The zero-order valence-electron chi connectivity index (χ0n) is 36.0. The van der Waals surface area contributed by atoms with Gasteiger partial charge in [0.15, 0.2) is 9.84 Å². The molecule has 0 bridgehead atoms. The van der Waals surface area contributed by atoms with E-state index in [2.05, 4.69) is 58.7 Å². The van der Waals surface area contributed by atoms with E-state index >= 15 is 0 Å². The fourth-order valence-electron chi connectivity index (χ4n) is 15.9. The van der Waals surface area contributed by atoms with E-state index in [0.717, 1.165) is 32.2 Å². The minimum absolute atomic E-state index is 0.0376. The molecule has 1 saturated heterocycles. The van der Waals surface area contributed by atoms with E-state index in [-0.39, 0.29) is 56.8 Å². The number of carbonyl (C=O) groups excluding carboxylic acids is 1. The smallest absolute Gasteiger partial charge is 0.310 e. The molecule has 6 aliphatic carbocycles. The van der Waals surface area contributed by atoms with Crippen LogP contribution in [-0.4, -0.2) is 90.4 Å². The van der Waals surface area contributed by atoms with Gasteiger partial charge >= 0.3 is 11.9 Å². The van der Waals surface area contributed by atoms with E-state index in [9.17, 15) is 28.2 Å². The van der Waals surface area contributed by atoms with Crippen molar-refractivity contribution < 1.29 is 33.0 Å². The summed E-state index contributed by atoms with van der Waals surface area (Å²) in [5, 5.41) is 24.8. The molecule has 0 amide bonds. The Morgan fingerprint density at radius 3 is 2.07 bits per heavy atom. The van der Waals surface area contributed by atoms with Crippen molar-refractivity contribution in [3.05, 3.63) is 0 Å². The van der Waals surface area contributed by atoms with E-state index in [1.165, 1.54) is 44.9 Å².